The summed E-state index contributed by atoms with van der Waals surface area (Å²) in [6.07, 6.45) is 8.19. The molecule has 0 aromatic heterocycles. The summed E-state index contributed by atoms with van der Waals surface area (Å²) in [7, 11) is 0.747. The summed E-state index contributed by atoms with van der Waals surface area (Å²) >= 11 is -0.815. The van der Waals surface area contributed by atoms with Gasteiger partial charge in [0.25, 0.3) is 0 Å². The molecule has 0 spiro atoms. The van der Waals surface area contributed by atoms with E-state index in [4.69, 9.17) is 0 Å². The van der Waals surface area contributed by atoms with E-state index in [1.165, 1.54) is 60.8 Å². The zero-order valence-electron chi connectivity index (χ0n) is 32.5. The van der Waals surface area contributed by atoms with Crippen LogP contribution in [0.25, 0.3) is 0 Å². The number of rotatable bonds is 8. The van der Waals surface area contributed by atoms with E-state index in [2.05, 4.69) is 121 Å². The van der Waals surface area contributed by atoms with Gasteiger partial charge in [-0.3, -0.25) is 0 Å². The van der Waals surface area contributed by atoms with Crippen LogP contribution >= 0.6 is 14.2 Å². The van der Waals surface area contributed by atoms with Crippen molar-refractivity contribution in [3.63, 3.8) is 0 Å². The molecule has 4 atom stereocenters. The molecule has 1 aliphatic heterocycles. The predicted molar refractivity (Wildman–Crippen MR) is 207 cm³/mol. The first kappa shape index (κ1) is 39.4. The average Bonchev–Trinajstić information content (AvgIpc) is 3.22. The number of fused-ring (bicyclic) bond motifs is 1. The van der Waals surface area contributed by atoms with E-state index in [-0.39, 0.29) is 21.7 Å². The van der Waals surface area contributed by atoms with Crippen LogP contribution in [0, 0.1) is 11.8 Å². The van der Waals surface area contributed by atoms with Crippen LogP contribution in [0.5, 0.6) is 11.5 Å². The Morgan fingerprint density at radius 1 is 0.596 bits per heavy atom. The van der Waals surface area contributed by atoms with Gasteiger partial charge in [0, 0.05) is 0 Å². The van der Waals surface area contributed by atoms with Gasteiger partial charge in [0.05, 0.1) is 0 Å². The summed E-state index contributed by atoms with van der Waals surface area (Å²) in [6, 6.07) is 9.41. The van der Waals surface area contributed by atoms with Gasteiger partial charge in [-0.25, -0.2) is 0 Å². The first-order chi connectivity index (χ1) is 21.6. The van der Waals surface area contributed by atoms with Crippen molar-refractivity contribution in [1.29, 1.82) is 0 Å². The molecule has 2 nitrogen and oxygen atoms in total. The van der Waals surface area contributed by atoms with Crippen LogP contribution in [0.3, 0.4) is 0 Å². The molecular weight excluding hydrogens is 692 g/mol. The summed E-state index contributed by atoms with van der Waals surface area (Å²) in [6.45, 7) is 32.3. The molecule has 4 rings (SSSR count). The van der Waals surface area contributed by atoms with Gasteiger partial charge in [-0.05, 0) is 0 Å². The number of aromatic hydroxyl groups is 2. The third-order valence-corrected chi connectivity index (χ3v) is 33.9. The maximum absolute atomic E-state index is 12.0. The zero-order valence-corrected chi connectivity index (χ0v) is 36.6. The van der Waals surface area contributed by atoms with Gasteiger partial charge >= 0.3 is 304 Å². The topological polar surface area (TPSA) is 40.5 Å². The van der Waals surface area contributed by atoms with Crippen LogP contribution in [0.15, 0.2) is 24.3 Å². The first-order valence-corrected chi connectivity index (χ1v) is 27.4. The molecule has 1 fully saturated rings. The van der Waals surface area contributed by atoms with Gasteiger partial charge in [-0.2, -0.15) is 0 Å². The summed E-state index contributed by atoms with van der Waals surface area (Å²) in [4.78, 5) is 0. The molecule has 2 aliphatic rings. The molecule has 5 heteroatoms. The molecule has 3 unspecified atom stereocenters. The second-order valence-corrected chi connectivity index (χ2v) is 34.2. The minimum absolute atomic E-state index is 0.0349. The second-order valence-electron chi connectivity index (χ2n) is 18.6. The minimum atomic E-state index is -0.815. The first-order valence-electron chi connectivity index (χ1n) is 18.5. The van der Waals surface area contributed by atoms with Crippen molar-refractivity contribution in [2.24, 2.45) is 11.8 Å². The Balaban J connectivity index is 1.89. The molecule has 0 saturated heterocycles. The van der Waals surface area contributed by atoms with E-state index in [0.29, 0.717) is 37.6 Å². The normalized spacial score (nSPS) is 22.9. The Morgan fingerprint density at radius 2 is 0.936 bits per heavy atom. The Kier molecular flexibility index (Phi) is 12.3. The zero-order chi connectivity index (χ0) is 35.3. The van der Waals surface area contributed by atoms with E-state index in [9.17, 15) is 10.2 Å². The summed E-state index contributed by atoms with van der Waals surface area (Å²) in [5.41, 5.74) is 7.32. The molecule has 0 radical (unpaired) electrons. The molecule has 1 aliphatic carbocycles. The van der Waals surface area contributed by atoms with Crippen molar-refractivity contribution in [3.8, 4) is 11.5 Å². The fourth-order valence-electron chi connectivity index (χ4n) is 7.02. The summed E-state index contributed by atoms with van der Waals surface area (Å²) in [5.74, 6) is 4.15. The Bertz CT molecular complexity index is 1420. The van der Waals surface area contributed by atoms with Crippen LogP contribution in [0.4, 0.5) is 0 Å². The third-order valence-electron chi connectivity index (χ3n) is 12.1. The van der Waals surface area contributed by atoms with E-state index in [1.807, 2.05) is 0 Å². The number of benzene rings is 2. The number of hydrogen-bond acceptors (Lipinski definition) is 2. The second kappa shape index (κ2) is 14.7. The molecule has 0 bridgehead atoms. The average molecular weight is 760 g/mol. The van der Waals surface area contributed by atoms with Gasteiger partial charge < -0.3 is 0 Å². The van der Waals surface area contributed by atoms with Gasteiger partial charge in [-0.15, -0.1) is 0 Å². The molecule has 2 N–H and O–H groups in total. The Morgan fingerprint density at radius 3 is 1.23 bits per heavy atom. The summed E-state index contributed by atoms with van der Waals surface area (Å²) < 4.78 is 0. The maximum atomic E-state index is 12.0. The Hall–Kier alpha value is -0.377. The van der Waals surface area contributed by atoms with Crippen LogP contribution in [-0.4, -0.2) is 20.7 Å². The monoisotopic (exact) mass is 758 g/mol. The predicted octanol–water partition coefficient (Wildman–Crippen LogP) is 12.8. The molecule has 0 amide bonds. The third kappa shape index (κ3) is 8.57. The molecule has 264 valence electrons. The molecule has 2 aromatic rings. The van der Waals surface area contributed by atoms with Gasteiger partial charge in [0.15, 0.2) is 0 Å². The van der Waals surface area contributed by atoms with Gasteiger partial charge in [0.2, 0.25) is 0 Å². The van der Waals surface area contributed by atoms with Gasteiger partial charge in [-0.1, -0.05) is 0 Å². The van der Waals surface area contributed by atoms with Crippen molar-refractivity contribution in [2.75, 3.05) is 0 Å². The van der Waals surface area contributed by atoms with E-state index >= 15 is 0 Å². The van der Waals surface area contributed by atoms with Crippen molar-refractivity contribution >= 4 is 14.2 Å². The molecule has 1 saturated carbocycles. The van der Waals surface area contributed by atoms with E-state index in [1.54, 1.807) is 0 Å². The fourth-order valence-corrected chi connectivity index (χ4v) is 35.9. The van der Waals surface area contributed by atoms with Crippen LogP contribution in [0.1, 0.15) is 169 Å². The molecule has 1 heterocycles. The SMILES string of the molecule is CC(C)C(C)(C)c1cc(C(C)(C)C)cc(C[S]2=[Zr]=[S](Cc3cc(C(C)(C)C)cc(C(C)(C)C(C)C)c3O)[C@H]3CCCCCCC32)c1O. The van der Waals surface area contributed by atoms with Crippen LogP contribution in [-0.2, 0) is 52.3 Å². The van der Waals surface area contributed by atoms with E-state index in [0.717, 1.165) is 33.1 Å². The van der Waals surface area contributed by atoms with Crippen molar-refractivity contribution < 1.29 is 29.4 Å². The number of hydrogen-bond donors (Lipinski definition) is 2. The van der Waals surface area contributed by atoms with Crippen molar-refractivity contribution in [2.45, 2.75) is 179 Å². The molecular formula is C42H68O2S2Zr. The standard InChI is InChI=1S/C42H68O2S2.Zr/c1-27(2)41(11,12)33-23-31(39(5,6)7)21-29(37(33)43)25-45-35-19-17-15-16-18-20-36(35)46-26-30-22-32(40(8,9)10)24-34(38(30)44)42(13,14)28(3)4;/h21-24,27-28,35-36,43-44H,15-20,25-26H2,1-14H3;/t35-,36?;/m0./s1. The summed E-state index contributed by atoms with van der Waals surface area (Å²) in [5, 5.41) is 25.6. The van der Waals surface area contributed by atoms with Crippen LogP contribution < -0.4 is 0 Å². The van der Waals surface area contributed by atoms with Crippen molar-refractivity contribution in [3.05, 3.63) is 57.6 Å². The fraction of sp³-hybridized carbons (Fsp3) is 0.714. The van der Waals surface area contributed by atoms with Crippen molar-refractivity contribution in [1.82, 2.24) is 0 Å². The Labute approximate surface area is 301 Å². The quantitative estimate of drug-likeness (QED) is 0.281. The van der Waals surface area contributed by atoms with Crippen LogP contribution in [0.2, 0.25) is 0 Å². The van der Waals surface area contributed by atoms with E-state index < -0.39 is 19.2 Å². The molecule has 2 aromatic carbocycles. The molecule has 47 heavy (non-hydrogen) atoms. The number of phenols is 2. The van der Waals surface area contributed by atoms with Gasteiger partial charge in [0.1, 0.15) is 0 Å². The number of phenolic OH excluding ortho intramolecular Hbond substituents is 2.